The molecule has 0 bridgehead atoms. The average molecular weight is 439 g/mol. The summed E-state index contributed by atoms with van der Waals surface area (Å²) in [7, 11) is 1.55. The van der Waals surface area contributed by atoms with Crippen molar-refractivity contribution in [2.45, 2.75) is 12.8 Å². The molecule has 1 amide bonds. The molecular formula is C14H20ClIN4O2. The summed E-state index contributed by atoms with van der Waals surface area (Å²) in [5.74, 6) is 0.774. The number of rotatable bonds is 4. The van der Waals surface area contributed by atoms with Gasteiger partial charge < -0.3 is 20.7 Å². The minimum absolute atomic E-state index is 0. The molecule has 122 valence electrons. The lowest BCUT2D eigenvalue weighted by Crippen LogP contribution is -2.31. The van der Waals surface area contributed by atoms with Crippen molar-refractivity contribution >= 4 is 53.1 Å². The molecule has 3 N–H and O–H groups in total. The Morgan fingerprint density at radius 1 is 1.45 bits per heavy atom. The summed E-state index contributed by atoms with van der Waals surface area (Å²) in [6.07, 6.45) is 2.13. The Labute approximate surface area is 152 Å². The molecule has 1 aliphatic rings. The molecule has 0 saturated carbocycles. The van der Waals surface area contributed by atoms with E-state index in [0.29, 0.717) is 16.5 Å². The van der Waals surface area contributed by atoms with Crippen LogP contribution in [0.15, 0.2) is 23.2 Å². The number of aliphatic imine (C=N–C) groups is 1. The lowest BCUT2D eigenvalue weighted by Gasteiger charge is -2.13. The van der Waals surface area contributed by atoms with Gasteiger partial charge in [-0.2, -0.15) is 0 Å². The third-order valence-electron chi connectivity index (χ3n) is 3.27. The third kappa shape index (κ3) is 5.20. The van der Waals surface area contributed by atoms with Gasteiger partial charge in [-0.05, 0) is 31.0 Å². The molecular weight excluding hydrogens is 419 g/mol. The molecule has 22 heavy (non-hydrogen) atoms. The lowest BCUT2D eigenvalue weighted by molar-refractivity contribution is -0.128. The minimum Gasteiger partial charge on any atom is -0.495 e. The predicted octanol–water partition coefficient (Wildman–Crippen LogP) is 2.32. The number of hydrogen-bond acceptors (Lipinski definition) is 3. The Hall–Kier alpha value is -1.22. The van der Waals surface area contributed by atoms with Crippen molar-refractivity contribution in [1.82, 2.24) is 4.90 Å². The summed E-state index contributed by atoms with van der Waals surface area (Å²) in [6.45, 7) is 1.69. The Bertz CT molecular complexity index is 548. The number of anilines is 1. The van der Waals surface area contributed by atoms with Crippen molar-refractivity contribution < 1.29 is 9.53 Å². The maximum Gasteiger partial charge on any atom is 0.244 e. The summed E-state index contributed by atoms with van der Waals surface area (Å²) < 4.78 is 5.07. The number of benzene rings is 1. The van der Waals surface area contributed by atoms with Gasteiger partial charge in [0.25, 0.3) is 0 Å². The third-order valence-corrected chi connectivity index (χ3v) is 3.56. The maximum atomic E-state index is 11.8. The summed E-state index contributed by atoms with van der Waals surface area (Å²) in [6, 6.07) is 5.19. The van der Waals surface area contributed by atoms with Crippen LogP contribution in [-0.2, 0) is 4.79 Å². The van der Waals surface area contributed by atoms with Crippen LogP contribution in [0.4, 0.5) is 5.69 Å². The molecule has 0 unspecified atom stereocenters. The van der Waals surface area contributed by atoms with Crippen LogP contribution < -0.4 is 15.8 Å². The first-order valence-corrected chi connectivity index (χ1v) is 7.16. The van der Waals surface area contributed by atoms with Crippen molar-refractivity contribution in [3.05, 3.63) is 23.2 Å². The number of nitrogens with two attached hydrogens (primary N) is 1. The molecule has 1 aromatic rings. The topological polar surface area (TPSA) is 80.0 Å². The Morgan fingerprint density at radius 3 is 2.73 bits per heavy atom. The number of likely N-dealkylation sites (tertiary alicyclic amines) is 1. The molecule has 1 fully saturated rings. The van der Waals surface area contributed by atoms with E-state index in [-0.39, 0.29) is 42.4 Å². The van der Waals surface area contributed by atoms with E-state index in [2.05, 4.69) is 10.3 Å². The summed E-state index contributed by atoms with van der Waals surface area (Å²) >= 11 is 6.02. The van der Waals surface area contributed by atoms with Gasteiger partial charge in [-0.3, -0.25) is 4.79 Å². The van der Waals surface area contributed by atoms with Crippen LogP contribution in [0.5, 0.6) is 5.75 Å². The second kappa shape index (κ2) is 9.04. The first kappa shape index (κ1) is 18.8. The molecule has 0 aliphatic carbocycles. The molecule has 6 nitrogen and oxygen atoms in total. The molecule has 0 aromatic heterocycles. The van der Waals surface area contributed by atoms with Gasteiger partial charge in [-0.1, -0.05) is 11.6 Å². The van der Waals surface area contributed by atoms with Crippen LogP contribution in [0.2, 0.25) is 5.02 Å². The van der Waals surface area contributed by atoms with Gasteiger partial charge in [0.1, 0.15) is 12.3 Å². The fourth-order valence-electron chi connectivity index (χ4n) is 2.15. The highest BCUT2D eigenvalue weighted by atomic mass is 127. The van der Waals surface area contributed by atoms with Gasteiger partial charge in [0.2, 0.25) is 5.91 Å². The van der Waals surface area contributed by atoms with Crippen molar-refractivity contribution in [2.75, 3.05) is 32.1 Å². The molecule has 0 spiro atoms. The van der Waals surface area contributed by atoms with Crippen LogP contribution in [0.1, 0.15) is 12.8 Å². The van der Waals surface area contributed by atoms with Gasteiger partial charge in [-0.15, -0.1) is 24.0 Å². The first-order valence-electron chi connectivity index (χ1n) is 6.78. The lowest BCUT2D eigenvalue weighted by atomic mass is 10.3. The fraction of sp³-hybridized carbons (Fsp3) is 0.429. The van der Waals surface area contributed by atoms with E-state index < -0.39 is 0 Å². The highest BCUT2D eigenvalue weighted by molar-refractivity contribution is 14.0. The Morgan fingerprint density at radius 2 is 2.14 bits per heavy atom. The second-order valence-corrected chi connectivity index (χ2v) is 5.17. The van der Waals surface area contributed by atoms with Gasteiger partial charge >= 0.3 is 0 Å². The van der Waals surface area contributed by atoms with Crippen LogP contribution in [0.25, 0.3) is 0 Å². The minimum atomic E-state index is 0. The van der Waals surface area contributed by atoms with Crippen LogP contribution >= 0.6 is 35.6 Å². The highest BCUT2D eigenvalue weighted by Crippen LogP contribution is 2.26. The molecule has 1 saturated heterocycles. The zero-order chi connectivity index (χ0) is 15.2. The average Bonchev–Trinajstić information content (AvgIpc) is 2.99. The molecule has 1 aromatic carbocycles. The highest BCUT2D eigenvalue weighted by Gasteiger charge is 2.17. The van der Waals surface area contributed by atoms with E-state index in [0.717, 1.165) is 25.9 Å². The fourth-order valence-corrected chi connectivity index (χ4v) is 2.41. The van der Waals surface area contributed by atoms with Gasteiger partial charge in [0, 0.05) is 18.8 Å². The predicted molar refractivity (Wildman–Crippen MR) is 99.3 cm³/mol. The van der Waals surface area contributed by atoms with Crippen molar-refractivity contribution in [1.29, 1.82) is 0 Å². The number of amides is 1. The summed E-state index contributed by atoms with van der Waals surface area (Å²) in [4.78, 5) is 17.7. The number of ether oxygens (including phenoxy) is 1. The number of carbonyl (C=O) groups excluding carboxylic acids is 1. The van der Waals surface area contributed by atoms with E-state index in [1.807, 2.05) is 0 Å². The van der Waals surface area contributed by atoms with Crippen LogP contribution in [-0.4, -0.2) is 43.5 Å². The largest absolute Gasteiger partial charge is 0.495 e. The standard InChI is InChI=1S/C14H19ClN4O2.HI/c1-21-12-5-4-10(8-11(12)15)18-14(16)17-9-13(20)19-6-2-3-7-19;/h4-5,8H,2-3,6-7,9H2,1H3,(H3,16,17,18);1H. The number of guanidine groups is 1. The molecule has 1 aliphatic heterocycles. The molecule has 1 heterocycles. The summed E-state index contributed by atoms with van der Waals surface area (Å²) in [5, 5.41) is 3.37. The molecule has 0 atom stereocenters. The Kier molecular flexibility index (Phi) is 7.74. The number of halogens is 2. The molecule has 0 radical (unpaired) electrons. The number of methoxy groups -OCH3 is 1. The van der Waals surface area contributed by atoms with Crippen molar-refractivity contribution in [3.8, 4) is 5.75 Å². The van der Waals surface area contributed by atoms with Crippen LogP contribution in [0, 0.1) is 0 Å². The van der Waals surface area contributed by atoms with E-state index >= 15 is 0 Å². The van der Waals surface area contributed by atoms with E-state index in [1.165, 1.54) is 0 Å². The van der Waals surface area contributed by atoms with E-state index in [4.69, 9.17) is 22.1 Å². The summed E-state index contributed by atoms with van der Waals surface area (Å²) in [5.41, 5.74) is 6.46. The molecule has 2 rings (SSSR count). The number of carbonyl (C=O) groups is 1. The quantitative estimate of drug-likeness (QED) is 0.429. The number of hydrogen-bond donors (Lipinski definition) is 2. The number of nitrogens with one attached hydrogen (secondary N) is 1. The zero-order valence-electron chi connectivity index (χ0n) is 12.3. The maximum absolute atomic E-state index is 11.8. The van der Waals surface area contributed by atoms with Crippen molar-refractivity contribution in [2.24, 2.45) is 10.7 Å². The van der Waals surface area contributed by atoms with E-state index in [1.54, 1.807) is 30.2 Å². The Balaban J connectivity index is 0.00000242. The molecule has 8 heteroatoms. The smallest absolute Gasteiger partial charge is 0.244 e. The zero-order valence-corrected chi connectivity index (χ0v) is 15.4. The first-order chi connectivity index (χ1) is 10.1. The second-order valence-electron chi connectivity index (χ2n) is 4.76. The monoisotopic (exact) mass is 438 g/mol. The SMILES string of the molecule is COc1ccc(NC(N)=NCC(=O)N2CCCC2)cc1Cl.I. The van der Waals surface area contributed by atoms with E-state index in [9.17, 15) is 4.79 Å². The number of nitrogens with zero attached hydrogens (tertiary/aromatic N) is 2. The van der Waals surface area contributed by atoms with Gasteiger partial charge in [0.15, 0.2) is 5.96 Å². The normalized spacial score (nSPS) is 14.5. The van der Waals surface area contributed by atoms with Gasteiger partial charge in [-0.25, -0.2) is 4.99 Å². The van der Waals surface area contributed by atoms with Crippen LogP contribution in [0.3, 0.4) is 0 Å². The van der Waals surface area contributed by atoms with Gasteiger partial charge in [0.05, 0.1) is 12.1 Å². The van der Waals surface area contributed by atoms with Crippen molar-refractivity contribution in [3.63, 3.8) is 0 Å².